The van der Waals surface area contributed by atoms with E-state index in [9.17, 15) is 4.79 Å². The molecule has 0 bridgehead atoms. The summed E-state index contributed by atoms with van der Waals surface area (Å²) in [6, 6.07) is 12.9. The quantitative estimate of drug-likeness (QED) is 0.523. The number of rotatable bonds is 1. The van der Waals surface area contributed by atoms with Crippen LogP contribution in [-0.2, 0) is 4.79 Å². The number of anilines is 2. The van der Waals surface area contributed by atoms with Crippen LogP contribution in [0.4, 0.5) is 11.4 Å². The maximum Gasteiger partial charge on any atom is 0.308 e. The fourth-order valence-electron chi connectivity index (χ4n) is 1.87. The number of ether oxygens (including phenoxy) is 2. The van der Waals surface area contributed by atoms with Crippen LogP contribution < -0.4 is 14.8 Å². The van der Waals surface area contributed by atoms with Gasteiger partial charge in [0.2, 0.25) is 0 Å². The molecule has 0 spiro atoms. The number of esters is 1. The molecule has 4 nitrogen and oxygen atoms in total. The lowest BCUT2D eigenvalue weighted by Gasteiger charge is -2.23. The Morgan fingerprint density at radius 1 is 1.11 bits per heavy atom. The van der Waals surface area contributed by atoms with E-state index in [2.05, 4.69) is 5.32 Å². The molecule has 0 aromatic heterocycles. The Labute approximate surface area is 104 Å². The Bertz CT molecular complexity index is 622. The maximum absolute atomic E-state index is 11.1. The van der Waals surface area contributed by atoms with Gasteiger partial charge in [-0.25, -0.2) is 0 Å². The van der Waals surface area contributed by atoms with Crippen LogP contribution in [0.5, 0.6) is 17.2 Å². The Morgan fingerprint density at radius 2 is 1.89 bits per heavy atom. The highest BCUT2D eigenvalue weighted by Crippen LogP contribution is 2.45. The summed E-state index contributed by atoms with van der Waals surface area (Å²) in [4.78, 5) is 11.1. The number of carbonyl (C=O) groups excluding carboxylic acids is 1. The van der Waals surface area contributed by atoms with Crippen LogP contribution in [0.1, 0.15) is 6.92 Å². The highest BCUT2D eigenvalue weighted by molar-refractivity contribution is 5.82. The van der Waals surface area contributed by atoms with Crippen molar-refractivity contribution in [3.05, 3.63) is 42.5 Å². The zero-order valence-electron chi connectivity index (χ0n) is 9.77. The Kier molecular flexibility index (Phi) is 2.41. The van der Waals surface area contributed by atoms with Gasteiger partial charge in [0, 0.05) is 6.92 Å². The van der Waals surface area contributed by atoms with E-state index in [-0.39, 0.29) is 5.97 Å². The predicted molar refractivity (Wildman–Crippen MR) is 67.5 cm³/mol. The van der Waals surface area contributed by atoms with Gasteiger partial charge in [0.05, 0.1) is 5.69 Å². The topological polar surface area (TPSA) is 47.6 Å². The van der Waals surface area contributed by atoms with Crippen LogP contribution >= 0.6 is 0 Å². The van der Waals surface area contributed by atoms with Crippen LogP contribution in [0, 0.1) is 0 Å². The molecule has 1 aliphatic rings. The Hall–Kier alpha value is -2.49. The number of hydrogen-bond acceptors (Lipinski definition) is 4. The van der Waals surface area contributed by atoms with Gasteiger partial charge in [-0.15, -0.1) is 0 Å². The summed E-state index contributed by atoms with van der Waals surface area (Å²) in [5, 5.41) is 3.21. The monoisotopic (exact) mass is 241 g/mol. The number of hydrogen-bond donors (Lipinski definition) is 1. The molecule has 2 aromatic rings. The van der Waals surface area contributed by atoms with Crippen molar-refractivity contribution in [3.8, 4) is 17.2 Å². The van der Waals surface area contributed by atoms with E-state index in [4.69, 9.17) is 9.47 Å². The lowest BCUT2D eigenvalue weighted by Crippen LogP contribution is -2.08. The molecule has 18 heavy (non-hydrogen) atoms. The summed E-state index contributed by atoms with van der Waals surface area (Å²) in [5.74, 6) is 1.51. The van der Waals surface area contributed by atoms with E-state index in [1.807, 2.05) is 30.3 Å². The minimum absolute atomic E-state index is 0.357. The SMILES string of the molecule is CC(=O)Oc1cccc2c1Nc1ccccc1O2. The van der Waals surface area contributed by atoms with E-state index in [1.54, 1.807) is 12.1 Å². The van der Waals surface area contributed by atoms with Crippen LogP contribution in [0.15, 0.2) is 42.5 Å². The molecule has 3 rings (SSSR count). The normalized spacial score (nSPS) is 11.6. The van der Waals surface area contributed by atoms with Crippen molar-refractivity contribution < 1.29 is 14.3 Å². The molecule has 1 heterocycles. The van der Waals surface area contributed by atoms with Crippen LogP contribution in [0.3, 0.4) is 0 Å². The number of carbonyl (C=O) groups is 1. The third-order valence-corrected chi connectivity index (χ3v) is 2.61. The van der Waals surface area contributed by atoms with Crippen molar-refractivity contribution in [2.45, 2.75) is 6.92 Å². The summed E-state index contributed by atoms with van der Waals surface area (Å²) in [5.41, 5.74) is 1.52. The molecular formula is C14H11NO3. The summed E-state index contributed by atoms with van der Waals surface area (Å²) in [6.45, 7) is 1.37. The highest BCUT2D eigenvalue weighted by atomic mass is 16.5. The predicted octanol–water partition coefficient (Wildman–Crippen LogP) is 3.46. The first-order chi connectivity index (χ1) is 8.74. The minimum Gasteiger partial charge on any atom is -0.453 e. The van der Waals surface area contributed by atoms with E-state index in [0.717, 1.165) is 11.4 Å². The first-order valence-electron chi connectivity index (χ1n) is 5.59. The summed E-state index contributed by atoms with van der Waals surface area (Å²) < 4.78 is 10.9. The van der Waals surface area contributed by atoms with Crippen molar-refractivity contribution in [1.29, 1.82) is 0 Å². The minimum atomic E-state index is -0.357. The smallest absolute Gasteiger partial charge is 0.308 e. The molecule has 0 unspecified atom stereocenters. The lowest BCUT2D eigenvalue weighted by molar-refractivity contribution is -0.131. The zero-order chi connectivity index (χ0) is 12.5. The molecule has 0 atom stereocenters. The lowest BCUT2D eigenvalue weighted by atomic mass is 10.2. The molecule has 0 radical (unpaired) electrons. The molecule has 1 N–H and O–H groups in total. The Balaban J connectivity index is 2.04. The third-order valence-electron chi connectivity index (χ3n) is 2.61. The molecule has 0 aliphatic carbocycles. The Morgan fingerprint density at radius 3 is 2.72 bits per heavy atom. The summed E-state index contributed by atoms with van der Waals surface area (Å²) in [7, 11) is 0. The molecule has 0 saturated heterocycles. The van der Waals surface area contributed by atoms with Gasteiger partial charge in [0.1, 0.15) is 5.69 Å². The largest absolute Gasteiger partial charge is 0.453 e. The highest BCUT2D eigenvalue weighted by Gasteiger charge is 2.20. The second-order valence-electron chi connectivity index (χ2n) is 3.95. The molecule has 0 amide bonds. The first kappa shape index (κ1) is 10.7. The van der Waals surface area contributed by atoms with Crippen molar-refractivity contribution in [2.24, 2.45) is 0 Å². The van der Waals surface area contributed by atoms with Gasteiger partial charge in [-0.2, -0.15) is 0 Å². The van der Waals surface area contributed by atoms with Crippen molar-refractivity contribution in [2.75, 3.05) is 5.32 Å². The fraction of sp³-hybridized carbons (Fsp3) is 0.0714. The standard InChI is InChI=1S/C14H11NO3/c1-9(16)17-12-7-4-8-13-14(12)15-10-5-2-3-6-11(10)18-13/h2-8,15H,1H3. The van der Waals surface area contributed by atoms with E-state index < -0.39 is 0 Å². The number of benzene rings is 2. The van der Waals surface area contributed by atoms with E-state index in [0.29, 0.717) is 17.2 Å². The second kappa shape index (κ2) is 4.07. The van der Waals surface area contributed by atoms with Crippen molar-refractivity contribution in [1.82, 2.24) is 0 Å². The summed E-state index contributed by atoms with van der Waals surface area (Å²) >= 11 is 0. The average molecular weight is 241 g/mol. The van der Waals surface area contributed by atoms with Gasteiger partial charge >= 0.3 is 5.97 Å². The van der Waals surface area contributed by atoms with E-state index >= 15 is 0 Å². The van der Waals surface area contributed by atoms with Gasteiger partial charge in [-0.3, -0.25) is 4.79 Å². The average Bonchev–Trinajstić information content (AvgIpc) is 2.36. The molecule has 1 aliphatic heterocycles. The van der Waals surface area contributed by atoms with Crippen LogP contribution in [0.25, 0.3) is 0 Å². The van der Waals surface area contributed by atoms with Gasteiger partial charge < -0.3 is 14.8 Å². The summed E-state index contributed by atoms with van der Waals surface area (Å²) in [6.07, 6.45) is 0. The molecular weight excluding hydrogens is 230 g/mol. The number of fused-ring (bicyclic) bond motifs is 2. The van der Waals surface area contributed by atoms with Crippen molar-refractivity contribution in [3.63, 3.8) is 0 Å². The zero-order valence-corrected chi connectivity index (χ0v) is 9.77. The maximum atomic E-state index is 11.1. The molecule has 0 fully saturated rings. The van der Waals surface area contributed by atoms with Crippen LogP contribution in [-0.4, -0.2) is 5.97 Å². The third kappa shape index (κ3) is 1.78. The van der Waals surface area contributed by atoms with Gasteiger partial charge in [0.15, 0.2) is 17.2 Å². The van der Waals surface area contributed by atoms with Gasteiger partial charge in [-0.1, -0.05) is 18.2 Å². The molecule has 0 saturated carbocycles. The van der Waals surface area contributed by atoms with Crippen molar-refractivity contribution >= 4 is 17.3 Å². The number of nitrogens with one attached hydrogen (secondary N) is 1. The molecule has 4 heteroatoms. The number of para-hydroxylation sites is 3. The van der Waals surface area contributed by atoms with Gasteiger partial charge in [-0.05, 0) is 24.3 Å². The van der Waals surface area contributed by atoms with Gasteiger partial charge in [0.25, 0.3) is 0 Å². The second-order valence-corrected chi connectivity index (χ2v) is 3.95. The molecule has 90 valence electrons. The molecule has 2 aromatic carbocycles. The van der Waals surface area contributed by atoms with Crippen LogP contribution in [0.2, 0.25) is 0 Å². The fourth-order valence-corrected chi connectivity index (χ4v) is 1.87. The van der Waals surface area contributed by atoms with E-state index in [1.165, 1.54) is 6.92 Å². The first-order valence-corrected chi connectivity index (χ1v) is 5.59.